The van der Waals surface area contributed by atoms with E-state index in [4.69, 9.17) is 10.3 Å². The van der Waals surface area contributed by atoms with Gasteiger partial charge in [-0.2, -0.15) is 4.98 Å². The molecule has 0 unspecified atom stereocenters. The standard InChI is InChI=1S/C14H18N4O/c1-10-3-6-16-8-11(10)13-17-12(19-18-13)7-14(9-15)4-2-5-14/h3,6,8H,2,4-5,7,9,15H2,1H3. The first-order valence-electron chi connectivity index (χ1n) is 6.66. The summed E-state index contributed by atoms with van der Waals surface area (Å²) in [6, 6.07) is 1.94. The number of rotatable bonds is 4. The minimum absolute atomic E-state index is 0.188. The molecule has 3 rings (SSSR count). The third-order valence-electron chi connectivity index (χ3n) is 4.12. The van der Waals surface area contributed by atoms with Crippen LogP contribution in [0.1, 0.15) is 30.7 Å². The molecule has 1 aliphatic rings. The Morgan fingerprint density at radius 3 is 2.89 bits per heavy atom. The van der Waals surface area contributed by atoms with Crippen LogP contribution in [-0.2, 0) is 6.42 Å². The molecule has 0 saturated heterocycles. The second-order valence-corrected chi connectivity index (χ2v) is 5.44. The Morgan fingerprint density at radius 1 is 1.42 bits per heavy atom. The number of hydrogen-bond donors (Lipinski definition) is 1. The molecule has 2 aromatic heterocycles. The van der Waals surface area contributed by atoms with E-state index in [-0.39, 0.29) is 5.41 Å². The van der Waals surface area contributed by atoms with Gasteiger partial charge in [0.25, 0.3) is 0 Å². The van der Waals surface area contributed by atoms with Gasteiger partial charge in [0.2, 0.25) is 11.7 Å². The van der Waals surface area contributed by atoms with E-state index in [0.29, 0.717) is 18.3 Å². The van der Waals surface area contributed by atoms with Crippen molar-refractivity contribution in [3.05, 3.63) is 29.9 Å². The van der Waals surface area contributed by atoms with Crippen molar-refractivity contribution in [2.45, 2.75) is 32.6 Å². The Balaban J connectivity index is 1.82. The van der Waals surface area contributed by atoms with Gasteiger partial charge >= 0.3 is 0 Å². The van der Waals surface area contributed by atoms with Gasteiger partial charge in [0.15, 0.2) is 0 Å². The molecule has 0 radical (unpaired) electrons. The van der Waals surface area contributed by atoms with Crippen LogP contribution in [0.25, 0.3) is 11.4 Å². The van der Waals surface area contributed by atoms with Crippen molar-refractivity contribution >= 4 is 0 Å². The third kappa shape index (κ3) is 2.26. The number of nitrogens with zero attached hydrogens (tertiary/aromatic N) is 3. The lowest BCUT2D eigenvalue weighted by molar-refractivity contribution is 0.129. The summed E-state index contributed by atoms with van der Waals surface area (Å²) in [6.45, 7) is 2.71. The molecule has 2 N–H and O–H groups in total. The zero-order valence-corrected chi connectivity index (χ0v) is 11.1. The topological polar surface area (TPSA) is 77.8 Å². The first-order chi connectivity index (χ1) is 9.22. The van der Waals surface area contributed by atoms with Crippen LogP contribution in [0.15, 0.2) is 23.0 Å². The van der Waals surface area contributed by atoms with Crippen LogP contribution in [0, 0.1) is 12.3 Å². The van der Waals surface area contributed by atoms with Gasteiger partial charge in [0, 0.05) is 24.4 Å². The average Bonchev–Trinajstić information content (AvgIpc) is 2.83. The van der Waals surface area contributed by atoms with Gasteiger partial charge in [-0.25, -0.2) is 0 Å². The minimum atomic E-state index is 0.188. The molecule has 0 amide bonds. The Kier molecular flexibility index (Phi) is 3.06. The number of pyridine rings is 1. The summed E-state index contributed by atoms with van der Waals surface area (Å²) in [7, 11) is 0. The van der Waals surface area contributed by atoms with Crippen molar-refractivity contribution in [1.29, 1.82) is 0 Å². The highest BCUT2D eigenvalue weighted by Gasteiger charge is 2.37. The molecule has 0 bridgehead atoms. The van der Waals surface area contributed by atoms with Crippen LogP contribution in [0.5, 0.6) is 0 Å². The zero-order valence-electron chi connectivity index (χ0n) is 11.1. The van der Waals surface area contributed by atoms with E-state index in [1.165, 1.54) is 6.42 Å². The molecule has 100 valence electrons. The number of aryl methyl sites for hydroxylation is 1. The molecule has 0 spiro atoms. The van der Waals surface area contributed by atoms with Crippen molar-refractivity contribution in [1.82, 2.24) is 15.1 Å². The molecule has 19 heavy (non-hydrogen) atoms. The van der Waals surface area contributed by atoms with Gasteiger partial charge in [0.05, 0.1) is 0 Å². The fourth-order valence-corrected chi connectivity index (χ4v) is 2.58. The summed E-state index contributed by atoms with van der Waals surface area (Å²) in [5.41, 5.74) is 8.07. The molecule has 2 aromatic rings. The number of nitrogens with two attached hydrogens (primary N) is 1. The fourth-order valence-electron chi connectivity index (χ4n) is 2.58. The summed E-state index contributed by atoms with van der Waals surface area (Å²) in [5, 5.41) is 4.06. The molecule has 5 heteroatoms. The van der Waals surface area contributed by atoms with E-state index >= 15 is 0 Å². The summed E-state index contributed by atoms with van der Waals surface area (Å²) in [6.07, 6.45) is 7.89. The fraction of sp³-hybridized carbons (Fsp3) is 0.500. The van der Waals surface area contributed by atoms with Crippen LogP contribution in [0.2, 0.25) is 0 Å². The number of aromatic nitrogens is 3. The second kappa shape index (κ2) is 4.74. The van der Waals surface area contributed by atoms with E-state index in [1.54, 1.807) is 12.4 Å². The molecular formula is C14H18N4O. The maximum atomic E-state index is 5.86. The minimum Gasteiger partial charge on any atom is -0.339 e. The Morgan fingerprint density at radius 2 is 2.26 bits per heavy atom. The van der Waals surface area contributed by atoms with Gasteiger partial charge < -0.3 is 10.3 Å². The van der Waals surface area contributed by atoms with Crippen molar-refractivity contribution in [3.63, 3.8) is 0 Å². The molecule has 1 aliphatic carbocycles. The number of hydrogen-bond acceptors (Lipinski definition) is 5. The Bertz CT molecular complexity index is 569. The van der Waals surface area contributed by atoms with Gasteiger partial charge in [-0.1, -0.05) is 11.6 Å². The van der Waals surface area contributed by atoms with Crippen LogP contribution in [0.4, 0.5) is 0 Å². The highest BCUT2D eigenvalue weighted by Crippen LogP contribution is 2.42. The second-order valence-electron chi connectivity index (χ2n) is 5.44. The Hall–Kier alpha value is -1.75. The summed E-state index contributed by atoms with van der Waals surface area (Å²) in [4.78, 5) is 8.59. The largest absolute Gasteiger partial charge is 0.339 e. The van der Waals surface area contributed by atoms with Gasteiger partial charge in [-0.05, 0) is 43.4 Å². The van der Waals surface area contributed by atoms with E-state index in [0.717, 1.165) is 30.4 Å². The van der Waals surface area contributed by atoms with Crippen molar-refractivity contribution in [3.8, 4) is 11.4 Å². The lowest BCUT2D eigenvalue weighted by Crippen LogP contribution is -2.39. The van der Waals surface area contributed by atoms with Gasteiger partial charge in [-0.15, -0.1) is 0 Å². The maximum Gasteiger partial charge on any atom is 0.227 e. The van der Waals surface area contributed by atoms with E-state index in [1.807, 2.05) is 13.0 Å². The quantitative estimate of drug-likeness (QED) is 0.908. The molecule has 1 saturated carbocycles. The highest BCUT2D eigenvalue weighted by molar-refractivity contribution is 5.57. The predicted molar refractivity (Wildman–Crippen MR) is 71.3 cm³/mol. The molecular weight excluding hydrogens is 240 g/mol. The molecule has 5 nitrogen and oxygen atoms in total. The monoisotopic (exact) mass is 258 g/mol. The molecule has 2 heterocycles. The molecule has 0 atom stereocenters. The van der Waals surface area contributed by atoms with E-state index in [9.17, 15) is 0 Å². The first kappa shape index (κ1) is 12.3. The Labute approximate surface area is 112 Å². The van der Waals surface area contributed by atoms with Crippen molar-refractivity contribution in [2.24, 2.45) is 11.1 Å². The molecule has 0 aliphatic heterocycles. The zero-order chi connectivity index (χ0) is 13.3. The van der Waals surface area contributed by atoms with E-state index < -0.39 is 0 Å². The molecule has 0 aromatic carbocycles. The van der Waals surface area contributed by atoms with E-state index in [2.05, 4.69) is 15.1 Å². The first-order valence-corrected chi connectivity index (χ1v) is 6.66. The van der Waals surface area contributed by atoms with Crippen molar-refractivity contribution < 1.29 is 4.52 Å². The van der Waals surface area contributed by atoms with Crippen LogP contribution >= 0.6 is 0 Å². The average molecular weight is 258 g/mol. The van der Waals surface area contributed by atoms with Crippen LogP contribution in [-0.4, -0.2) is 21.7 Å². The summed E-state index contributed by atoms with van der Waals surface area (Å²) < 4.78 is 5.36. The lowest BCUT2D eigenvalue weighted by atomic mass is 9.67. The predicted octanol–water partition coefficient (Wildman–Crippen LogP) is 2.11. The van der Waals surface area contributed by atoms with Gasteiger partial charge in [0.1, 0.15) is 0 Å². The SMILES string of the molecule is Cc1ccncc1-c1noc(CC2(CN)CCC2)n1. The highest BCUT2D eigenvalue weighted by atomic mass is 16.5. The normalized spacial score (nSPS) is 17.2. The smallest absolute Gasteiger partial charge is 0.227 e. The van der Waals surface area contributed by atoms with Crippen LogP contribution < -0.4 is 5.73 Å². The van der Waals surface area contributed by atoms with Crippen molar-refractivity contribution in [2.75, 3.05) is 6.54 Å². The lowest BCUT2D eigenvalue weighted by Gasteiger charge is -2.39. The summed E-state index contributed by atoms with van der Waals surface area (Å²) >= 11 is 0. The van der Waals surface area contributed by atoms with Gasteiger partial charge in [-0.3, -0.25) is 4.98 Å². The summed E-state index contributed by atoms with van der Waals surface area (Å²) in [5.74, 6) is 1.30. The maximum absolute atomic E-state index is 5.86. The third-order valence-corrected chi connectivity index (χ3v) is 4.12. The van der Waals surface area contributed by atoms with Crippen LogP contribution in [0.3, 0.4) is 0 Å². The molecule has 1 fully saturated rings.